The average Bonchev–Trinajstić information content (AvgIpc) is 3.27. The van der Waals surface area contributed by atoms with E-state index >= 15 is 0 Å². The van der Waals surface area contributed by atoms with E-state index in [1.54, 1.807) is 0 Å². The molecular formula is C20H21N5S. The Hall–Kier alpha value is -2.73. The fraction of sp³-hybridized carbons (Fsp3) is 0.250. The summed E-state index contributed by atoms with van der Waals surface area (Å²) in [7, 11) is 0. The first kappa shape index (κ1) is 16.7. The monoisotopic (exact) mass is 363 g/mol. The van der Waals surface area contributed by atoms with Crippen molar-refractivity contribution in [3.05, 3.63) is 78.5 Å². The van der Waals surface area contributed by atoms with Crippen LogP contribution in [-0.4, -0.2) is 30.6 Å². The van der Waals surface area contributed by atoms with Crippen LogP contribution in [0.4, 0.5) is 0 Å². The number of hydrogen-bond acceptors (Lipinski definition) is 3. The van der Waals surface area contributed by atoms with Crippen molar-refractivity contribution >= 4 is 17.3 Å². The second-order valence-corrected chi connectivity index (χ2v) is 7.01. The maximum Gasteiger partial charge on any atom is 0.170 e. The van der Waals surface area contributed by atoms with E-state index in [9.17, 15) is 0 Å². The summed E-state index contributed by atoms with van der Waals surface area (Å²) in [5.74, 6) is 0.897. The molecular weight excluding hydrogens is 342 g/mol. The molecule has 2 atom stereocenters. The van der Waals surface area contributed by atoms with Gasteiger partial charge in [0, 0.05) is 30.3 Å². The summed E-state index contributed by atoms with van der Waals surface area (Å²) in [6.45, 7) is 4.33. The van der Waals surface area contributed by atoms with Crippen molar-refractivity contribution in [1.29, 1.82) is 0 Å². The van der Waals surface area contributed by atoms with E-state index in [0.29, 0.717) is 0 Å². The van der Waals surface area contributed by atoms with E-state index in [1.165, 1.54) is 0 Å². The first-order valence-electron chi connectivity index (χ1n) is 8.75. The topological polar surface area (TPSA) is 46.0 Å². The van der Waals surface area contributed by atoms with Gasteiger partial charge < -0.3 is 14.8 Å². The Bertz CT molecular complexity index is 891. The van der Waals surface area contributed by atoms with Crippen LogP contribution in [0.2, 0.25) is 0 Å². The van der Waals surface area contributed by atoms with Crippen molar-refractivity contribution in [3.8, 4) is 5.82 Å². The number of rotatable bonds is 4. The van der Waals surface area contributed by atoms with Crippen LogP contribution in [0.1, 0.15) is 37.3 Å². The highest BCUT2D eigenvalue weighted by atomic mass is 32.1. The van der Waals surface area contributed by atoms with Gasteiger partial charge in [0.1, 0.15) is 5.82 Å². The van der Waals surface area contributed by atoms with E-state index < -0.39 is 0 Å². The lowest BCUT2D eigenvalue weighted by atomic mass is 10.0. The van der Waals surface area contributed by atoms with Crippen molar-refractivity contribution in [1.82, 2.24) is 24.8 Å². The highest BCUT2D eigenvalue weighted by Crippen LogP contribution is 2.40. The molecule has 132 valence electrons. The highest BCUT2D eigenvalue weighted by molar-refractivity contribution is 7.80. The van der Waals surface area contributed by atoms with Crippen LogP contribution in [0, 0.1) is 0 Å². The third-order valence-corrected chi connectivity index (χ3v) is 5.00. The van der Waals surface area contributed by atoms with Gasteiger partial charge in [-0.2, -0.15) is 0 Å². The number of aromatic nitrogens is 3. The lowest BCUT2D eigenvalue weighted by Crippen LogP contribution is -2.36. The predicted octanol–water partition coefficient (Wildman–Crippen LogP) is 3.65. The fourth-order valence-electron chi connectivity index (χ4n) is 3.58. The number of nitrogens with zero attached hydrogens (tertiary/aromatic N) is 4. The normalized spacial score (nSPS) is 19.8. The van der Waals surface area contributed by atoms with E-state index in [4.69, 9.17) is 12.2 Å². The zero-order chi connectivity index (χ0) is 18.1. The van der Waals surface area contributed by atoms with Crippen molar-refractivity contribution in [2.75, 3.05) is 0 Å². The molecule has 0 unspecified atom stereocenters. The third-order valence-electron chi connectivity index (χ3n) is 4.67. The van der Waals surface area contributed by atoms with Gasteiger partial charge in [-0.3, -0.25) is 4.98 Å². The second kappa shape index (κ2) is 6.88. The predicted molar refractivity (Wildman–Crippen MR) is 106 cm³/mol. The van der Waals surface area contributed by atoms with Crippen LogP contribution in [0.3, 0.4) is 0 Å². The molecule has 6 heteroatoms. The van der Waals surface area contributed by atoms with Gasteiger partial charge in [0.25, 0.3) is 0 Å². The molecule has 0 bridgehead atoms. The molecule has 0 saturated carbocycles. The standard InChI is InChI=1S/C20H21N5S/c1-14(2)25-19(18(23-20(25)26)15-8-3-5-11-21-15)16-9-7-13-24(16)17-10-4-6-12-22-17/h3-14,18-19H,1-2H3,(H,23,26)/t18-,19+/m0/s1. The van der Waals surface area contributed by atoms with Crippen LogP contribution in [0.5, 0.6) is 0 Å². The summed E-state index contributed by atoms with van der Waals surface area (Å²) in [6, 6.07) is 16.4. The number of nitrogens with one attached hydrogen (secondary N) is 1. The Labute approximate surface area is 158 Å². The highest BCUT2D eigenvalue weighted by Gasteiger charge is 2.42. The SMILES string of the molecule is CC(C)N1C(=S)N[C@@H](c2ccccn2)[C@H]1c1cccn1-c1ccccn1. The molecule has 0 aromatic carbocycles. The van der Waals surface area contributed by atoms with Crippen molar-refractivity contribution in [2.24, 2.45) is 0 Å². The summed E-state index contributed by atoms with van der Waals surface area (Å²) in [5.41, 5.74) is 2.12. The summed E-state index contributed by atoms with van der Waals surface area (Å²) in [4.78, 5) is 11.3. The van der Waals surface area contributed by atoms with Gasteiger partial charge in [-0.05, 0) is 62.5 Å². The minimum absolute atomic E-state index is 0.0107. The van der Waals surface area contributed by atoms with Crippen LogP contribution >= 0.6 is 12.2 Å². The molecule has 1 N–H and O–H groups in total. The largest absolute Gasteiger partial charge is 0.352 e. The number of thiocarbonyl (C=S) groups is 1. The molecule has 4 heterocycles. The van der Waals surface area contributed by atoms with Gasteiger partial charge in [0.2, 0.25) is 0 Å². The van der Waals surface area contributed by atoms with E-state index in [-0.39, 0.29) is 18.1 Å². The average molecular weight is 363 g/mol. The first-order chi connectivity index (χ1) is 12.7. The van der Waals surface area contributed by atoms with E-state index in [1.807, 2.05) is 55.0 Å². The van der Waals surface area contributed by atoms with Gasteiger partial charge in [-0.25, -0.2) is 4.98 Å². The molecule has 3 aromatic rings. The molecule has 4 rings (SSSR count). The van der Waals surface area contributed by atoms with Gasteiger partial charge in [-0.1, -0.05) is 12.1 Å². The van der Waals surface area contributed by atoms with E-state index in [2.05, 4.69) is 50.7 Å². The lowest BCUT2D eigenvalue weighted by molar-refractivity contribution is 0.262. The Morgan fingerprint density at radius 1 is 1.00 bits per heavy atom. The third kappa shape index (κ3) is 2.86. The van der Waals surface area contributed by atoms with Gasteiger partial charge in [-0.15, -0.1) is 0 Å². The zero-order valence-electron chi connectivity index (χ0n) is 14.8. The minimum atomic E-state index is -0.0107. The van der Waals surface area contributed by atoms with Crippen LogP contribution in [-0.2, 0) is 0 Å². The van der Waals surface area contributed by atoms with Crippen molar-refractivity contribution in [2.45, 2.75) is 32.0 Å². The maximum absolute atomic E-state index is 5.67. The maximum atomic E-state index is 5.67. The van der Waals surface area contributed by atoms with E-state index in [0.717, 1.165) is 22.3 Å². The van der Waals surface area contributed by atoms with Crippen molar-refractivity contribution < 1.29 is 0 Å². The minimum Gasteiger partial charge on any atom is -0.352 e. The Balaban J connectivity index is 1.83. The molecule has 1 fully saturated rings. The molecule has 3 aromatic heterocycles. The molecule has 0 spiro atoms. The van der Waals surface area contributed by atoms with Crippen LogP contribution < -0.4 is 5.32 Å². The number of hydrogen-bond donors (Lipinski definition) is 1. The fourth-order valence-corrected chi connectivity index (χ4v) is 4.03. The van der Waals surface area contributed by atoms with Gasteiger partial charge >= 0.3 is 0 Å². The van der Waals surface area contributed by atoms with Crippen molar-refractivity contribution in [3.63, 3.8) is 0 Å². The molecule has 1 saturated heterocycles. The molecule has 0 amide bonds. The molecule has 5 nitrogen and oxygen atoms in total. The smallest absolute Gasteiger partial charge is 0.170 e. The number of pyridine rings is 2. The zero-order valence-corrected chi connectivity index (χ0v) is 15.6. The molecule has 0 radical (unpaired) electrons. The summed E-state index contributed by atoms with van der Waals surface area (Å²) < 4.78 is 2.13. The summed E-state index contributed by atoms with van der Waals surface area (Å²) in [5, 5.41) is 4.24. The van der Waals surface area contributed by atoms with Crippen LogP contribution in [0.25, 0.3) is 5.82 Å². The Morgan fingerprint density at radius 3 is 2.42 bits per heavy atom. The lowest BCUT2D eigenvalue weighted by Gasteiger charge is -2.31. The Morgan fingerprint density at radius 2 is 1.77 bits per heavy atom. The quantitative estimate of drug-likeness (QED) is 0.717. The molecule has 1 aliphatic heterocycles. The second-order valence-electron chi connectivity index (χ2n) is 6.62. The Kier molecular flexibility index (Phi) is 4.42. The van der Waals surface area contributed by atoms with Crippen LogP contribution in [0.15, 0.2) is 67.1 Å². The molecule has 26 heavy (non-hydrogen) atoms. The summed E-state index contributed by atoms with van der Waals surface area (Å²) in [6.07, 6.45) is 5.69. The van der Waals surface area contributed by atoms with Gasteiger partial charge in [0.15, 0.2) is 5.11 Å². The first-order valence-corrected chi connectivity index (χ1v) is 9.16. The van der Waals surface area contributed by atoms with Gasteiger partial charge in [0.05, 0.1) is 17.8 Å². The molecule has 1 aliphatic rings. The summed E-state index contributed by atoms with van der Waals surface area (Å²) >= 11 is 5.67. The molecule has 0 aliphatic carbocycles.